The van der Waals surface area contributed by atoms with Gasteiger partial charge in [0.15, 0.2) is 0 Å². The Morgan fingerprint density at radius 3 is 2.55 bits per heavy atom. The molecule has 0 fully saturated rings. The summed E-state index contributed by atoms with van der Waals surface area (Å²) in [6, 6.07) is 13.4. The molecular weight excluding hydrogens is 295 g/mol. The summed E-state index contributed by atoms with van der Waals surface area (Å²) in [6.45, 7) is 0. The van der Waals surface area contributed by atoms with Crippen molar-refractivity contribution in [2.45, 2.75) is 5.88 Å². The van der Waals surface area contributed by atoms with Crippen molar-refractivity contribution in [1.29, 1.82) is 0 Å². The molecular formula is C15H12Cl2N2O. The van der Waals surface area contributed by atoms with Crippen LogP contribution in [-0.2, 0) is 5.88 Å². The van der Waals surface area contributed by atoms with E-state index in [2.05, 4.69) is 4.98 Å². The highest BCUT2D eigenvalue weighted by molar-refractivity contribution is 6.30. The molecule has 0 spiro atoms. The first kappa shape index (κ1) is 13.3. The molecule has 3 aromatic rings. The molecule has 0 atom stereocenters. The zero-order valence-corrected chi connectivity index (χ0v) is 12.3. The highest BCUT2D eigenvalue weighted by Gasteiger charge is 2.14. The van der Waals surface area contributed by atoms with Crippen molar-refractivity contribution in [1.82, 2.24) is 9.55 Å². The second kappa shape index (κ2) is 5.35. The summed E-state index contributed by atoms with van der Waals surface area (Å²) in [5.74, 6) is 1.83. The molecule has 0 aliphatic rings. The molecule has 0 aliphatic carbocycles. The van der Waals surface area contributed by atoms with E-state index in [4.69, 9.17) is 27.9 Å². The molecule has 3 rings (SSSR count). The number of fused-ring (bicyclic) bond motifs is 1. The summed E-state index contributed by atoms with van der Waals surface area (Å²) >= 11 is 12.0. The van der Waals surface area contributed by atoms with Crippen LogP contribution in [0.1, 0.15) is 5.82 Å². The molecule has 5 heteroatoms. The second-order valence-corrected chi connectivity index (χ2v) is 5.01. The first-order valence-electron chi connectivity index (χ1n) is 6.11. The predicted octanol–water partition coefficient (Wildman–Crippen LogP) is 4.43. The summed E-state index contributed by atoms with van der Waals surface area (Å²) in [4.78, 5) is 4.57. The number of halogens is 2. The van der Waals surface area contributed by atoms with Gasteiger partial charge in [0.1, 0.15) is 17.1 Å². The van der Waals surface area contributed by atoms with Gasteiger partial charge in [-0.3, -0.25) is 4.57 Å². The Morgan fingerprint density at radius 2 is 1.90 bits per heavy atom. The van der Waals surface area contributed by atoms with Crippen LogP contribution in [0.4, 0.5) is 0 Å². The van der Waals surface area contributed by atoms with Crippen LogP contribution in [0.5, 0.6) is 5.75 Å². The first-order chi connectivity index (χ1) is 9.74. The molecule has 0 N–H and O–H groups in total. The van der Waals surface area contributed by atoms with Crippen molar-refractivity contribution in [3.05, 3.63) is 53.3 Å². The minimum Gasteiger partial charge on any atom is -0.494 e. The summed E-state index contributed by atoms with van der Waals surface area (Å²) < 4.78 is 7.37. The van der Waals surface area contributed by atoms with Gasteiger partial charge in [-0.1, -0.05) is 17.7 Å². The van der Waals surface area contributed by atoms with E-state index >= 15 is 0 Å². The highest BCUT2D eigenvalue weighted by Crippen LogP contribution is 2.29. The number of ether oxygens (including phenoxy) is 1. The maximum atomic E-state index is 6.03. The number of para-hydroxylation sites is 1. The Kier molecular flexibility index (Phi) is 3.55. The van der Waals surface area contributed by atoms with E-state index in [1.54, 1.807) is 7.11 Å². The SMILES string of the molecule is COc1cccc2c1nc(CCl)n2-c1ccc(Cl)cc1. The lowest BCUT2D eigenvalue weighted by Gasteiger charge is -2.08. The van der Waals surface area contributed by atoms with Gasteiger partial charge in [0.25, 0.3) is 0 Å². The van der Waals surface area contributed by atoms with Gasteiger partial charge in [-0.15, -0.1) is 11.6 Å². The number of aromatic nitrogens is 2. The lowest BCUT2D eigenvalue weighted by Crippen LogP contribution is -1.98. The third kappa shape index (κ3) is 2.13. The van der Waals surface area contributed by atoms with Crippen LogP contribution in [0.2, 0.25) is 5.02 Å². The fourth-order valence-electron chi connectivity index (χ4n) is 2.25. The van der Waals surface area contributed by atoms with E-state index in [0.29, 0.717) is 10.9 Å². The third-order valence-corrected chi connectivity index (χ3v) is 3.63. The molecule has 0 aliphatic heterocycles. The van der Waals surface area contributed by atoms with Crippen LogP contribution in [-0.4, -0.2) is 16.7 Å². The summed E-state index contributed by atoms with van der Waals surface area (Å²) in [5, 5.41) is 0.697. The van der Waals surface area contributed by atoms with Gasteiger partial charge < -0.3 is 4.74 Å². The number of rotatable bonds is 3. The van der Waals surface area contributed by atoms with Crippen molar-refractivity contribution in [3.63, 3.8) is 0 Å². The van der Waals surface area contributed by atoms with Gasteiger partial charge in [0.2, 0.25) is 0 Å². The lowest BCUT2D eigenvalue weighted by atomic mass is 10.2. The van der Waals surface area contributed by atoms with Crippen LogP contribution in [0.25, 0.3) is 16.7 Å². The van der Waals surface area contributed by atoms with E-state index in [-0.39, 0.29) is 0 Å². The molecule has 1 aromatic heterocycles. The van der Waals surface area contributed by atoms with Gasteiger partial charge in [-0.2, -0.15) is 0 Å². The maximum absolute atomic E-state index is 6.03. The predicted molar refractivity (Wildman–Crippen MR) is 82.2 cm³/mol. The molecule has 2 aromatic carbocycles. The van der Waals surface area contributed by atoms with Crippen molar-refractivity contribution < 1.29 is 4.74 Å². The number of hydrogen-bond donors (Lipinski definition) is 0. The van der Waals surface area contributed by atoms with Gasteiger partial charge in [-0.05, 0) is 36.4 Å². The summed E-state index contributed by atoms with van der Waals surface area (Å²) in [7, 11) is 1.64. The quantitative estimate of drug-likeness (QED) is 0.669. The Balaban J connectivity index is 2.30. The van der Waals surface area contributed by atoms with E-state index < -0.39 is 0 Å². The van der Waals surface area contributed by atoms with Crippen molar-refractivity contribution in [3.8, 4) is 11.4 Å². The van der Waals surface area contributed by atoms with Crippen LogP contribution < -0.4 is 4.74 Å². The average Bonchev–Trinajstić information content (AvgIpc) is 2.86. The van der Waals surface area contributed by atoms with Gasteiger partial charge in [0, 0.05) is 10.7 Å². The Hall–Kier alpha value is -1.71. The minimum absolute atomic E-state index is 0.320. The number of methoxy groups -OCH3 is 1. The van der Waals surface area contributed by atoms with Crippen molar-refractivity contribution in [2.75, 3.05) is 7.11 Å². The fourth-order valence-corrected chi connectivity index (χ4v) is 2.56. The number of hydrogen-bond acceptors (Lipinski definition) is 2. The standard InChI is InChI=1S/C15H12Cl2N2O/c1-20-13-4-2-3-12-15(13)18-14(9-16)19(12)11-7-5-10(17)6-8-11/h2-8H,9H2,1H3. The molecule has 0 unspecified atom stereocenters. The van der Waals surface area contributed by atoms with Crippen LogP contribution >= 0.6 is 23.2 Å². The Labute approximate surface area is 126 Å². The molecule has 20 heavy (non-hydrogen) atoms. The highest BCUT2D eigenvalue weighted by atomic mass is 35.5. The average molecular weight is 307 g/mol. The molecule has 0 saturated carbocycles. The number of benzene rings is 2. The number of imidazole rings is 1. The second-order valence-electron chi connectivity index (χ2n) is 4.30. The van der Waals surface area contributed by atoms with Crippen LogP contribution in [0, 0.1) is 0 Å². The minimum atomic E-state index is 0.320. The van der Waals surface area contributed by atoms with E-state index in [1.165, 1.54) is 0 Å². The third-order valence-electron chi connectivity index (χ3n) is 3.14. The van der Waals surface area contributed by atoms with Crippen LogP contribution in [0.15, 0.2) is 42.5 Å². The zero-order valence-electron chi connectivity index (χ0n) is 10.8. The molecule has 0 radical (unpaired) electrons. The van der Waals surface area contributed by atoms with Gasteiger partial charge in [0.05, 0.1) is 18.5 Å². The molecule has 0 saturated heterocycles. The zero-order chi connectivity index (χ0) is 14.1. The summed E-state index contributed by atoms with van der Waals surface area (Å²) in [5.41, 5.74) is 2.74. The van der Waals surface area contributed by atoms with E-state index in [1.807, 2.05) is 47.0 Å². The van der Waals surface area contributed by atoms with E-state index in [0.717, 1.165) is 28.3 Å². The Morgan fingerprint density at radius 1 is 1.15 bits per heavy atom. The monoisotopic (exact) mass is 306 g/mol. The lowest BCUT2D eigenvalue weighted by molar-refractivity contribution is 0.419. The molecule has 3 nitrogen and oxygen atoms in total. The first-order valence-corrected chi connectivity index (χ1v) is 7.02. The summed E-state index contributed by atoms with van der Waals surface area (Å²) in [6.07, 6.45) is 0. The van der Waals surface area contributed by atoms with Gasteiger partial charge >= 0.3 is 0 Å². The van der Waals surface area contributed by atoms with E-state index in [9.17, 15) is 0 Å². The fraction of sp³-hybridized carbons (Fsp3) is 0.133. The maximum Gasteiger partial charge on any atom is 0.146 e. The number of alkyl halides is 1. The van der Waals surface area contributed by atoms with Crippen molar-refractivity contribution in [2.24, 2.45) is 0 Å². The van der Waals surface area contributed by atoms with Crippen LogP contribution in [0.3, 0.4) is 0 Å². The largest absolute Gasteiger partial charge is 0.494 e. The van der Waals surface area contributed by atoms with Gasteiger partial charge in [-0.25, -0.2) is 4.98 Å². The topological polar surface area (TPSA) is 27.1 Å². The molecule has 0 bridgehead atoms. The molecule has 0 amide bonds. The number of nitrogens with zero attached hydrogens (tertiary/aromatic N) is 2. The Bertz CT molecular complexity index is 750. The molecule has 1 heterocycles. The normalized spacial score (nSPS) is 10.9. The van der Waals surface area contributed by atoms with Crippen molar-refractivity contribution >= 4 is 34.2 Å². The smallest absolute Gasteiger partial charge is 0.146 e. The molecule has 102 valence electrons.